The molecule has 1 aliphatic heterocycles. The van der Waals surface area contributed by atoms with Gasteiger partial charge in [0.15, 0.2) is 0 Å². The zero-order valence-corrected chi connectivity index (χ0v) is 12.3. The highest BCUT2D eigenvalue weighted by Crippen LogP contribution is 2.23. The third-order valence-corrected chi connectivity index (χ3v) is 3.69. The molecule has 1 heterocycles. The molecule has 2 aromatic rings. The van der Waals surface area contributed by atoms with Gasteiger partial charge in [0, 0.05) is 24.8 Å². The van der Waals surface area contributed by atoms with Gasteiger partial charge in [-0.1, -0.05) is 18.2 Å². The molecule has 0 spiro atoms. The van der Waals surface area contributed by atoms with Crippen molar-refractivity contribution in [3.05, 3.63) is 54.6 Å². The molecule has 0 aromatic heterocycles. The van der Waals surface area contributed by atoms with E-state index >= 15 is 0 Å². The van der Waals surface area contributed by atoms with Gasteiger partial charge in [-0.3, -0.25) is 4.79 Å². The van der Waals surface area contributed by atoms with Crippen molar-refractivity contribution in [1.29, 1.82) is 0 Å². The molecular weight excluding hydrogens is 278 g/mol. The molecule has 0 radical (unpaired) electrons. The lowest BCUT2D eigenvalue weighted by Crippen LogP contribution is -2.28. The predicted octanol–water partition coefficient (Wildman–Crippen LogP) is 3.84. The fourth-order valence-corrected chi connectivity index (χ4v) is 2.44. The van der Waals surface area contributed by atoms with Crippen LogP contribution in [0.1, 0.15) is 12.8 Å². The monoisotopic (exact) mass is 297 g/mol. The molecule has 4 nitrogen and oxygen atoms in total. The van der Waals surface area contributed by atoms with Gasteiger partial charge in [0.25, 0.3) is 0 Å². The van der Waals surface area contributed by atoms with Crippen molar-refractivity contribution < 1.29 is 14.3 Å². The summed E-state index contributed by atoms with van der Waals surface area (Å²) in [5.41, 5.74) is 0.789. The standard InChI is InChI=1S/C18H19NO3/c20-18(14-10-12-21-13-11-14)19-15-6-8-17(9-7-15)22-16-4-2-1-3-5-16/h1-9,14H,10-13H2,(H,19,20). The molecule has 0 unspecified atom stereocenters. The van der Waals surface area contributed by atoms with Crippen LogP contribution in [0.3, 0.4) is 0 Å². The third kappa shape index (κ3) is 3.86. The summed E-state index contributed by atoms with van der Waals surface area (Å²) in [5.74, 6) is 1.66. The van der Waals surface area contributed by atoms with Crippen molar-refractivity contribution in [2.24, 2.45) is 5.92 Å². The fourth-order valence-electron chi connectivity index (χ4n) is 2.44. The number of hydrogen-bond donors (Lipinski definition) is 1. The quantitative estimate of drug-likeness (QED) is 0.932. The average Bonchev–Trinajstić information content (AvgIpc) is 2.58. The highest BCUT2D eigenvalue weighted by atomic mass is 16.5. The SMILES string of the molecule is O=C(Nc1ccc(Oc2ccccc2)cc1)C1CCOCC1. The number of carbonyl (C=O) groups excluding carboxylic acids is 1. The van der Waals surface area contributed by atoms with E-state index in [9.17, 15) is 4.79 Å². The molecule has 0 atom stereocenters. The predicted molar refractivity (Wildman–Crippen MR) is 85.1 cm³/mol. The van der Waals surface area contributed by atoms with Gasteiger partial charge in [-0.05, 0) is 49.2 Å². The van der Waals surface area contributed by atoms with E-state index in [0.29, 0.717) is 13.2 Å². The summed E-state index contributed by atoms with van der Waals surface area (Å²) in [4.78, 5) is 12.1. The highest BCUT2D eigenvalue weighted by molar-refractivity contribution is 5.92. The van der Waals surface area contributed by atoms with Crippen LogP contribution in [0.5, 0.6) is 11.5 Å². The number of ether oxygens (including phenoxy) is 2. The second-order valence-electron chi connectivity index (χ2n) is 5.32. The molecule has 0 bridgehead atoms. The number of carbonyl (C=O) groups is 1. The topological polar surface area (TPSA) is 47.6 Å². The van der Waals surface area contributed by atoms with E-state index in [1.54, 1.807) is 0 Å². The molecule has 1 aliphatic rings. The number of rotatable bonds is 4. The number of hydrogen-bond acceptors (Lipinski definition) is 3. The van der Waals surface area contributed by atoms with E-state index in [2.05, 4.69) is 5.32 Å². The second kappa shape index (κ2) is 7.09. The van der Waals surface area contributed by atoms with E-state index in [0.717, 1.165) is 30.0 Å². The van der Waals surface area contributed by atoms with Crippen LogP contribution in [0.2, 0.25) is 0 Å². The van der Waals surface area contributed by atoms with Crippen molar-refractivity contribution in [1.82, 2.24) is 0 Å². The van der Waals surface area contributed by atoms with Crippen LogP contribution in [0.4, 0.5) is 5.69 Å². The van der Waals surface area contributed by atoms with Crippen LogP contribution >= 0.6 is 0 Å². The average molecular weight is 297 g/mol. The molecule has 1 amide bonds. The minimum atomic E-state index is 0.0500. The van der Waals surface area contributed by atoms with E-state index < -0.39 is 0 Å². The maximum absolute atomic E-state index is 12.1. The molecule has 1 N–H and O–H groups in total. The Morgan fingerprint density at radius 1 is 0.955 bits per heavy atom. The van der Waals surface area contributed by atoms with Crippen LogP contribution in [0.25, 0.3) is 0 Å². The van der Waals surface area contributed by atoms with Crippen LogP contribution in [-0.2, 0) is 9.53 Å². The van der Waals surface area contributed by atoms with Gasteiger partial charge in [0.05, 0.1) is 0 Å². The van der Waals surface area contributed by atoms with E-state index in [1.165, 1.54) is 0 Å². The van der Waals surface area contributed by atoms with Crippen molar-refractivity contribution in [2.75, 3.05) is 18.5 Å². The lowest BCUT2D eigenvalue weighted by Gasteiger charge is -2.21. The maximum Gasteiger partial charge on any atom is 0.227 e. The lowest BCUT2D eigenvalue weighted by atomic mass is 9.99. The molecule has 3 rings (SSSR count). The van der Waals surface area contributed by atoms with Crippen LogP contribution in [0.15, 0.2) is 54.6 Å². The van der Waals surface area contributed by atoms with Crippen LogP contribution in [0, 0.1) is 5.92 Å². The molecule has 1 fully saturated rings. The van der Waals surface area contributed by atoms with Gasteiger partial charge < -0.3 is 14.8 Å². The summed E-state index contributed by atoms with van der Waals surface area (Å²) in [6.07, 6.45) is 1.59. The molecule has 114 valence electrons. The first-order valence-electron chi connectivity index (χ1n) is 7.53. The summed E-state index contributed by atoms with van der Waals surface area (Å²) >= 11 is 0. The van der Waals surface area contributed by atoms with Gasteiger partial charge in [-0.2, -0.15) is 0 Å². The minimum absolute atomic E-state index is 0.0500. The van der Waals surface area contributed by atoms with E-state index in [-0.39, 0.29) is 11.8 Å². The summed E-state index contributed by atoms with van der Waals surface area (Å²) in [6, 6.07) is 17.0. The van der Waals surface area contributed by atoms with Crippen molar-refractivity contribution in [2.45, 2.75) is 12.8 Å². The third-order valence-electron chi connectivity index (χ3n) is 3.69. The zero-order valence-electron chi connectivity index (χ0n) is 12.3. The lowest BCUT2D eigenvalue weighted by molar-refractivity contribution is -0.122. The molecule has 0 aliphatic carbocycles. The van der Waals surface area contributed by atoms with E-state index in [4.69, 9.17) is 9.47 Å². The number of nitrogens with one attached hydrogen (secondary N) is 1. The number of amides is 1. The van der Waals surface area contributed by atoms with Gasteiger partial charge in [-0.25, -0.2) is 0 Å². The molecular formula is C18H19NO3. The first-order chi connectivity index (χ1) is 10.8. The second-order valence-corrected chi connectivity index (χ2v) is 5.32. The Balaban J connectivity index is 1.58. The number of anilines is 1. The van der Waals surface area contributed by atoms with Crippen molar-refractivity contribution >= 4 is 11.6 Å². The minimum Gasteiger partial charge on any atom is -0.457 e. The Morgan fingerprint density at radius 3 is 2.27 bits per heavy atom. The van der Waals surface area contributed by atoms with E-state index in [1.807, 2.05) is 54.6 Å². The number of benzene rings is 2. The smallest absolute Gasteiger partial charge is 0.227 e. The molecule has 22 heavy (non-hydrogen) atoms. The normalized spacial score (nSPS) is 15.3. The van der Waals surface area contributed by atoms with Gasteiger partial charge in [0.1, 0.15) is 11.5 Å². The Labute approximate surface area is 130 Å². The van der Waals surface area contributed by atoms with Gasteiger partial charge >= 0.3 is 0 Å². The highest BCUT2D eigenvalue weighted by Gasteiger charge is 2.21. The molecule has 2 aromatic carbocycles. The molecule has 1 saturated heterocycles. The largest absolute Gasteiger partial charge is 0.457 e. The summed E-state index contributed by atoms with van der Waals surface area (Å²) in [6.45, 7) is 1.34. The van der Waals surface area contributed by atoms with Crippen LogP contribution in [-0.4, -0.2) is 19.1 Å². The van der Waals surface area contributed by atoms with Crippen molar-refractivity contribution in [3.63, 3.8) is 0 Å². The zero-order chi connectivity index (χ0) is 15.2. The van der Waals surface area contributed by atoms with Gasteiger partial charge in [0.2, 0.25) is 5.91 Å². The fraction of sp³-hybridized carbons (Fsp3) is 0.278. The molecule has 0 saturated carbocycles. The molecule has 4 heteroatoms. The summed E-state index contributed by atoms with van der Waals surface area (Å²) < 4.78 is 11.0. The van der Waals surface area contributed by atoms with Gasteiger partial charge in [-0.15, -0.1) is 0 Å². The van der Waals surface area contributed by atoms with Crippen LogP contribution < -0.4 is 10.1 Å². The number of para-hydroxylation sites is 1. The first kappa shape index (κ1) is 14.6. The Morgan fingerprint density at radius 2 is 1.59 bits per heavy atom. The maximum atomic E-state index is 12.1. The Kier molecular flexibility index (Phi) is 4.71. The summed E-state index contributed by atoms with van der Waals surface area (Å²) in [7, 11) is 0. The Hall–Kier alpha value is -2.33. The van der Waals surface area contributed by atoms with Crippen molar-refractivity contribution in [3.8, 4) is 11.5 Å². The first-order valence-corrected chi connectivity index (χ1v) is 7.53. The Bertz CT molecular complexity index is 604. The summed E-state index contributed by atoms with van der Waals surface area (Å²) in [5, 5.41) is 2.95.